The molecule has 0 bridgehead atoms. The molecule has 0 atom stereocenters. The molecule has 142 valence electrons. The van der Waals surface area contributed by atoms with Crippen molar-refractivity contribution in [3.05, 3.63) is 53.2 Å². The molecular weight excluding hydrogens is 364 g/mol. The third-order valence-electron chi connectivity index (χ3n) is 4.86. The zero-order valence-electron chi connectivity index (χ0n) is 15.6. The van der Waals surface area contributed by atoms with Gasteiger partial charge in [-0.1, -0.05) is 6.07 Å². The van der Waals surface area contributed by atoms with Crippen molar-refractivity contribution in [1.29, 1.82) is 0 Å². The Bertz CT molecular complexity index is 1130. The number of hydrogen-bond donors (Lipinski definition) is 1. The van der Waals surface area contributed by atoms with E-state index >= 15 is 0 Å². The maximum atomic E-state index is 13.5. The van der Waals surface area contributed by atoms with Gasteiger partial charge in [-0.3, -0.25) is 0 Å². The van der Waals surface area contributed by atoms with Crippen LogP contribution in [0.25, 0.3) is 10.9 Å². The summed E-state index contributed by atoms with van der Waals surface area (Å²) in [6.07, 6.45) is 0. The zero-order valence-corrected chi connectivity index (χ0v) is 16.4. The van der Waals surface area contributed by atoms with E-state index in [9.17, 15) is 8.42 Å². The van der Waals surface area contributed by atoms with Crippen LogP contribution in [0.2, 0.25) is 0 Å². The van der Waals surface area contributed by atoms with E-state index in [1.54, 1.807) is 19.1 Å². The van der Waals surface area contributed by atoms with Gasteiger partial charge in [0, 0.05) is 29.7 Å². The fraction of sp³-hybridized carbons (Fsp3) is 0.300. The lowest BCUT2D eigenvalue weighted by molar-refractivity contribution is 0.326. The first-order valence-electron chi connectivity index (χ1n) is 8.81. The Morgan fingerprint density at radius 3 is 2.74 bits per heavy atom. The van der Waals surface area contributed by atoms with Crippen molar-refractivity contribution in [2.24, 2.45) is 0 Å². The highest BCUT2D eigenvalue weighted by Crippen LogP contribution is 2.35. The van der Waals surface area contributed by atoms with Crippen molar-refractivity contribution in [2.75, 3.05) is 20.3 Å². The van der Waals surface area contributed by atoms with Gasteiger partial charge in [-0.05, 0) is 49.7 Å². The maximum Gasteiger partial charge on any atom is 0.272 e. The number of ether oxygens (including phenoxy) is 2. The average molecular weight is 386 g/mol. The quantitative estimate of drug-likeness (QED) is 0.749. The fourth-order valence-corrected chi connectivity index (χ4v) is 5.38. The molecule has 2 heterocycles. The van der Waals surface area contributed by atoms with Crippen molar-refractivity contribution >= 4 is 20.9 Å². The summed E-state index contributed by atoms with van der Waals surface area (Å²) in [6.45, 7) is 5.66. The van der Waals surface area contributed by atoms with E-state index in [1.807, 2.05) is 31.2 Å². The summed E-state index contributed by atoms with van der Waals surface area (Å²) in [5, 5.41) is 4.20. The van der Waals surface area contributed by atoms with Crippen LogP contribution in [0.5, 0.6) is 11.5 Å². The van der Waals surface area contributed by atoms with E-state index in [0.29, 0.717) is 30.1 Å². The molecule has 2 aromatic carbocycles. The van der Waals surface area contributed by atoms with Crippen molar-refractivity contribution in [3.8, 4) is 11.5 Å². The van der Waals surface area contributed by atoms with Gasteiger partial charge in [0.05, 0.1) is 12.6 Å². The lowest BCUT2D eigenvalue weighted by Gasteiger charge is -2.14. The molecule has 0 amide bonds. The van der Waals surface area contributed by atoms with Crippen LogP contribution in [0.3, 0.4) is 0 Å². The minimum atomic E-state index is -3.82. The van der Waals surface area contributed by atoms with Crippen molar-refractivity contribution in [2.45, 2.75) is 25.3 Å². The van der Waals surface area contributed by atoms with Crippen LogP contribution in [0.15, 0.2) is 41.3 Å². The summed E-state index contributed by atoms with van der Waals surface area (Å²) in [6, 6.07) is 10.7. The number of benzene rings is 2. The van der Waals surface area contributed by atoms with Gasteiger partial charge in [-0.25, -0.2) is 12.4 Å². The minimum absolute atomic E-state index is 0.162. The summed E-state index contributed by atoms with van der Waals surface area (Å²) >= 11 is 0. The van der Waals surface area contributed by atoms with Crippen LogP contribution in [0.4, 0.5) is 0 Å². The fourth-order valence-electron chi connectivity index (χ4n) is 3.59. The standard InChI is InChI=1S/C20H22N2O4S/c1-13-4-6-19(25-3)20(10-13)27(23,24)22-14(2)11-15-16-12-21-8-9-26-18(16)7-5-17(15)22/h4-7,10-11,21H,8-9,12H2,1-3H3. The SMILES string of the molecule is COc1ccc(C)cc1S(=O)(=O)n1c(C)cc2c3c(ccc21)OCCNC3. The largest absolute Gasteiger partial charge is 0.495 e. The van der Waals surface area contributed by atoms with Crippen LogP contribution >= 0.6 is 0 Å². The maximum absolute atomic E-state index is 13.5. The third kappa shape index (κ3) is 2.87. The Labute approximate surface area is 158 Å². The Morgan fingerprint density at radius 2 is 1.96 bits per heavy atom. The molecule has 1 aromatic heterocycles. The van der Waals surface area contributed by atoms with E-state index in [0.717, 1.165) is 28.8 Å². The first-order chi connectivity index (χ1) is 12.9. The van der Waals surface area contributed by atoms with Gasteiger partial charge in [0.25, 0.3) is 10.0 Å². The van der Waals surface area contributed by atoms with Crippen LogP contribution in [0.1, 0.15) is 16.8 Å². The first-order valence-corrected chi connectivity index (χ1v) is 10.2. The van der Waals surface area contributed by atoms with E-state index in [2.05, 4.69) is 5.32 Å². The molecule has 0 unspecified atom stereocenters. The highest BCUT2D eigenvalue weighted by molar-refractivity contribution is 7.90. The normalized spacial score (nSPS) is 14.5. The molecule has 4 rings (SSSR count). The van der Waals surface area contributed by atoms with Crippen LogP contribution < -0.4 is 14.8 Å². The van der Waals surface area contributed by atoms with Gasteiger partial charge < -0.3 is 14.8 Å². The first kappa shape index (κ1) is 17.9. The number of nitrogens with one attached hydrogen (secondary N) is 1. The summed E-state index contributed by atoms with van der Waals surface area (Å²) in [5.74, 6) is 1.14. The molecule has 0 saturated heterocycles. The van der Waals surface area contributed by atoms with Gasteiger partial charge in [-0.2, -0.15) is 0 Å². The molecule has 0 saturated carbocycles. The number of rotatable bonds is 3. The van der Waals surface area contributed by atoms with Crippen LogP contribution in [0, 0.1) is 13.8 Å². The molecule has 0 spiro atoms. The van der Waals surface area contributed by atoms with Crippen LogP contribution in [-0.2, 0) is 16.6 Å². The second-order valence-electron chi connectivity index (χ2n) is 6.71. The van der Waals surface area contributed by atoms with Crippen LogP contribution in [-0.4, -0.2) is 32.7 Å². The molecule has 1 aliphatic rings. The lowest BCUT2D eigenvalue weighted by Crippen LogP contribution is -2.16. The highest BCUT2D eigenvalue weighted by Gasteiger charge is 2.27. The minimum Gasteiger partial charge on any atom is -0.495 e. The average Bonchev–Trinajstić information content (AvgIpc) is 2.82. The number of hydrogen-bond acceptors (Lipinski definition) is 5. The predicted molar refractivity (Wildman–Crippen MR) is 104 cm³/mol. The van der Waals surface area contributed by atoms with E-state index < -0.39 is 10.0 Å². The number of nitrogens with zero attached hydrogens (tertiary/aromatic N) is 1. The summed E-state index contributed by atoms with van der Waals surface area (Å²) in [5.41, 5.74) is 3.13. The van der Waals surface area contributed by atoms with E-state index in [1.165, 1.54) is 11.1 Å². The molecule has 27 heavy (non-hydrogen) atoms. The molecule has 3 aromatic rings. The molecule has 6 nitrogen and oxygen atoms in total. The molecule has 1 aliphatic heterocycles. The topological polar surface area (TPSA) is 69.6 Å². The monoisotopic (exact) mass is 386 g/mol. The van der Waals surface area contributed by atoms with Gasteiger partial charge >= 0.3 is 0 Å². The Morgan fingerprint density at radius 1 is 1.15 bits per heavy atom. The van der Waals surface area contributed by atoms with Gasteiger partial charge in [-0.15, -0.1) is 0 Å². The number of aryl methyl sites for hydroxylation is 2. The Balaban J connectivity index is 1.98. The van der Waals surface area contributed by atoms with Gasteiger partial charge in [0.1, 0.15) is 23.0 Å². The second kappa shape index (κ2) is 6.58. The third-order valence-corrected chi connectivity index (χ3v) is 6.70. The van der Waals surface area contributed by atoms with Gasteiger partial charge in [0.15, 0.2) is 0 Å². The van der Waals surface area contributed by atoms with Crippen molar-refractivity contribution < 1.29 is 17.9 Å². The molecular formula is C20H22N2O4S. The van der Waals surface area contributed by atoms with E-state index in [4.69, 9.17) is 9.47 Å². The molecule has 0 aliphatic carbocycles. The number of fused-ring (bicyclic) bond motifs is 3. The Hall–Kier alpha value is -2.51. The summed E-state index contributed by atoms with van der Waals surface area (Å²) in [7, 11) is -2.34. The highest BCUT2D eigenvalue weighted by atomic mass is 32.2. The molecule has 1 N–H and O–H groups in total. The number of aromatic nitrogens is 1. The summed E-state index contributed by atoms with van der Waals surface area (Å²) < 4.78 is 39.6. The van der Waals surface area contributed by atoms with Gasteiger partial charge in [0.2, 0.25) is 0 Å². The second-order valence-corrected chi connectivity index (χ2v) is 8.46. The molecule has 0 fully saturated rings. The molecule has 7 heteroatoms. The zero-order chi connectivity index (χ0) is 19.2. The lowest BCUT2D eigenvalue weighted by atomic mass is 10.1. The smallest absolute Gasteiger partial charge is 0.272 e. The summed E-state index contributed by atoms with van der Waals surface area (Å²) in [4.78, 5) is 0.162. The van der Waals surface area contributed by atoms with E-state index in [-0.39, 0.29) is 4.90 Å². The predicted octanol–water partition coefficient (Wildman–Crippen LogP) is 2.99. The van der Waals surface area contributed by atoms with Crippen molar-refractivity contribution in [3.63, 3.8) is 0 Å². The van der Waals surface area contributed by atoms with Crippen molar-refractivity contribution in [1.82, 2.24) is 9.29 Å². The molecule has 0 radical (unpaired) electrons. The Kier molecular flexibility index (Phi) is 4.36. The number of methoxy groups -OCH3 is 1.